The average Bonchev–Trinajstić information content (AvgIpc) is 1.87. The SMILES string of the molecule is C=CCN(C)C(O)CC. The summed E-state index contributed by atoms with van der Waals surface area (Å²) in [6.45, 7) is 6.26. The molecule has 1 atom stereocenters. The third-order valence-electron chi connectivity index (χ3n) is 1.29. The number of likely N-dealkylation sites (N-methyl/N-ethyl adjacent to an activating group) is 1. The van der Waals surface area contributed by atoms with Crippen LogP contribution in [0.2, 0.25) is 0 Å². The maximum atomic E-state index is 9.14. The molecule has 1 unspecified atom stereocenters. The van der Waals surface area contributed by atoms with Crippen molar-refractivity contribution >= 4 is 0 Å². The van der Waals surface area contributed by atoms with E-state index < -0.39 is 0 Å². The third-order valence-corrected chi connectivity index (χ3v) is 1.29. The van der Waals surface area contributed by atoms with E-state index in [2.05, 4.69) is 6.58 Å². The molecule has 0 aliphatic carbocycles. The minimum atomic E-state index is -0.317. The summed E-state index contributed by atoms with van der Waals surface area (Å²) in [4.78, 5) is 1.84. The smallest absolute Gasteiger partial charge is 0.107 e. The second-order valence-electron chi connectivity index (χ2n) is 2.12. The number of rotatable bonds is 4. The predicted molar refractivity (Wildman–Crippen MR) is 39.1 cm³/mol. The van der Waals surface area contributed by atoms with Gasteiger partial charge in [0.15, 0.2) is 0 Å². The van der Waals surface area contributed by atoms with E-state index in [0.717, 1.165) is 13.0 Å². The molecule has 0 amide bonds. The second kappa shape index (κ2) is 4.53. The number of nitrogens with zero attached hydrogens (tertiary/aromatic N) is 1. The van der Waals surface area contributed by atoms with Crippen LogP contribution in [-0.2, 0) is 0 Å². The highest BCUT2D eigenvalue weighted by Gasteiger charge is 2.04. The maximum absolute atomic E-state index is 9.14. The lowest BCUT2D eigenvalue weighted by Gasteiger charge is -2.19. The van der Waals surface area contributed by atoms with Crippen molar-refractivity contribution in [3.63, 3.8) is 0 Å². The summed E-state index contributed by atoms with van der Waals surface area (Å²) in [5.74, 6) is 0. The summed E-state index contributed by atoms with van der Waals surface area (Å²) in [5, 5.41) is 9.14. The first-order chi connectivity index (χ1) is 4.22. The summed E-state index contributed by atoms with van der Waals surface area (Å²) in [5.41, 5.74) is 0. The molecule has 0 fully saturated rings. The fourth-order valence-electron chi connectivity index (χ4n) is 0.637. The molecule has 0 heterocycles. The third kappa shape index (κ3) is 3.27. The van der Waals surface area contributed by atoms with Gasteiger partial charge in [-0.3, -0.25) is 4.90 Å². The highest BCUT2D eigenvalue weighted by Crippen LogP contribution is 1.95. The van der Waals surface area contributed by atoms with Gasteiger partial charge in [0.1, 0.15) is 6.23 Å². The van der Waals surface area contributed by atoms with Crippen LogP contribution >= 0.6 is 0 Å². The van der Waals surface area contributed by atoms with Crippen LogP contribution in [0, 0.1) is 0 Å². The first kappa shape index (κ1) is 8.66. The van der Waals surface area contributed by atoms with Gasteiger partial charge in [-0.1, -0.05) is 13.0 Å². The first-order valence-corrected chi connectivity index (χ1v) is 3.21. The number of hydrogen-bond donors (Lipinski definition) is 1. The first-order valence-electron chi connectivity index (χ1n) is 3.21. The van der Waals surface area contributed by atoms with Crippen LogP contribution < -0.4 is 0 Å². The Morgan fingerprint density at radius 3 is 2.67 bits per heavy atom. The van der Waals surface area contributed by atoms with Crippen molar-refractivity contribution in [2.75, 3.05) is 13.6 Å². The molecule has 0 radical (unpaired) electrons. The summed E-state index contributed by atoms with van der Waals surface area (Å²) >= 11 is 0. The zero-order chi connectivity index (χ0) is 7.28. The van der Waals surface area contributed by atoms with Crippen LogP contribution in [0.5, 0.6) is 0 Å². The maximum Gasteiger partial charge on any atom is 0.107 e. The van der Waals surface area contributed by atoms with Crippen molar-refractivity contribution in [1.29, 1.82) is 0 Å². The van der Waals surface area contributed by atoms with E-state index in [1.165, 1.54) is 0 Å². The summed E-state index contributed by atoms with van der Waals surface area (Å²) < 4.78 is 0. The zero-order valence-electron chi connectivity index (χ0n) is 6.17. The summed E-state index contributed by atoms with van der Waals surface area (Å²) in [6, 6.07) is 0. The minimum absolute atomic E-state index is 0.317. The molecule has 2 heteroatoms. The fraction of sp³-hybridized carbons (Fsp3) is 0.714. The zero-order valence-corrected chi connectivity index (χ0v) is 6.17. The molecule has 0 aromatic heterocycles. The number of aliphatic hydroxyl groups excluding tert-OH is 1. The fourth-order valence-corrected chi connectivity index (χ4v) is 0.637. The quantitative estimate of drug-likeness (QED) is 0.449. The van der Waals surface area contributed by atoms with Crippen molar-refractivity contribution in [2.24, 2.45) is 0 Å². The molecule has 0 aromatic rings. The molecule has 0 bridgehead atoms. The molecule has 0 saturated heterocycles. The standard InChI is InChI=1S/C7H15NO/c1-4-6-8(3)7(9)5-2/h4,7,9H,1,5-6H2,2-3H3. The second-order valence-corrected chi connectivity index (χ2v) is 2.12. The Bertz CT molecular complexity index is 83.0. The van der Waals surface area contributed by atoms with Crippen molar-refractivity contribution in [1.82, 2.24) is 4.90 Å². The predicted octanol–water partition coefficient (Wildman–Crippen LogP) is 0.833. The highest BCUT2D eigenvalue weighted by atomic mass is 16.3. The molecular formula is C7H15NO. The summed E-state index contributed by atoms with van der Waals surface area (Å²) in [6.07, 6.45) is 2.23. The van der Waals surface area contributed by atoms with Crippen molar-refractivity contribution in [2.45, 2.75) is 19.6 Å². The van der Waals surface area contributed by atoms with Gasteiger partial charge in [-0.25, -0.2) is 0 Å². The van der Waals surface area contributed by atoms with Gasteiger partial charge < -0.3 is 5.11 Å². The lowest BCUT2D eigenvalue weighted by atomic mass is 10.4. The Balaban J connectivity index is 3.44. The van der Waals surface area contributed by atoms with Gasteiger partial charge >= 0.3 is 0 Å². The van der Waals surface area contributed by atoms with E-state index in [4.69, 9.17) is 5.11 Å². The van der Waals surface area contributed by atoms with E-state index in [-0.39, 0.29) is 6.23 Å². The Kier molecular flexibility index (Phi) is 4.36. The van der Waals surface area contributed by atoms with Crippen LogP contribution in [0.1, 0.15) is 13.3 Å². The van der Waals surface area contributed by atoms with Crippen molar-refractivity contribution < 1.29 is 5.11 Å². The average molecular weight is 129 g/mol. The molecule has 0 aliphatic heterocycles. The molecule has 0 aromatic carbocycles. The molecule has 0 saturated carbocycles. The van der Waals surface area contributed by atoms with Crippen LogP contribution in [0.4, 0.5) is 0 Å². The van der Waals surface area contributed by atoms with E-state index in [1.807, 2.05) is 18.9 Å². The van der Waals surface area contributed by atoms with E-state index in [1.54, 1.807) is 6.08 Å². The van der Waals surface area contributed by atoms with E-state index in [0.29, 0.717) is 0 Å². The Morgan fingerprint density at radius 2 is 2.33 bits per heavy atom. The molecular weight excluding hydrogens is 114 g/mol. The molecule has 2 nitrogen and oxygen atoms in total. The topological polar surface area (TPSA) is 23.5 Å². The number of hydrogen-bond acceptors (Lipinski definition) is 2. The van der Waals surface area contributed by atoms with Gasteiger partial charge in [0.05, 0.1) is 0 Å². The molecule has 1 N–H and O–H groups in total. The summed E-state index contributed by atoms with van der Waals surface area (Å²) in [7, 11) is 1.87. The van der Waals surface area contributed by atoms with Gasteiger partial charge in [0.25, 0.3) is 0 Å². The van der Waals surface area contributed by atoms with Crippen LogP contribution in [0.3, 0.4) is 0 Å². The van der Waals surface area contributed by atoms with Crippen LogP contribution in [0.25, 0.3) is 0 Å². The van der Waals surface area contributed by atoms with Crippen molar-refractivity contribution in [3.05, 3.63) is 12.7 Å². The Labute approximate surface area is 56.8 Å². The Morgan fingerprint density at radius 1 is 1.78 bits per heavy atom. The van der Waals surface area contributed by atoms with Gasteiger partial charge in [-0.15, -0.1) is 6.58 Å². The molecule has 0 rings (SSSR count). The van der Waals surface area contributed by atoms with Gasteiger partial charge in [-0.05, 0) is 13.5 Å². The Hall–Kier alpha value is -0.340. The van der Waals surface area contributed by atoms with E-state index >= 15 is 0 Å². The van der Waals surface area contributed by atoms with Crippen LogP contribution in [0.15, 0.2) is 12.7 Å². The minimum Gasteiger partial charge on any atom is -0.378 e. The lowest BCUT2D eigenvalue weighted by molar-refractivity contribution is 0.0275. The van der Waals surface area contributed by atoms with Gasteiger partial charge in [0.2, 0.25) is 0 Å². The van der Waals surface area contributed by atoms with Gasteiger partial charge in [-0.2, -0.15) is 0 Å². The van der Waals surface area contributed by atoms with E-state index in [9.17, 15) is 0 Å². The van der Waals surface area contributed by atoms with Gasteiger partial charge in [0, 0.05) is 6.54 Å². The molecule has 54 valence electrons. The number of aliphatic hydroxyl groups is 1. The van der Waals surface area contributed by atoms with Crippen LogP contribution in [-0.4, -0.2) is 29.8 Å². The van der Waals surface area contributed by atoms with Crippen molar-refractivity contribution in [3.8, 4) is 0 Å². The lowest BCUT2D eigenvalue weighted by Crippen LogP contribution is -2.30. The largest absolute Gasteiger partial charge is 0.378 e. The molecule has 0 spiro atoms. The molecule has 0 aliphatic rings. The monoisotopic (exact) mass is 129 g/mol. The molecule has 9 heavy (non-hydrogen) atoms. The highest BCUT2D eigenvalue weighted by molar-refractivity contribution is 4.71. The normalized spacial score (nSPS) is 13.8.